The van der Waals surface area contributed by atoms with E-state index < -0.39 is 0 Å². The molecule has 0 aliphatic carbocycles. The van der Waals surface area contributed by atoms with Gasteiger partial charge in [-0.3, -0.25) is 0 Å². The Kier molecular flexibility index (Phi) is 10.2. The van der Waals surface area contributed by atoms with E-state index in [9.17, 15) is 0 Å². The van der Waals surface area contributed by atoms with Crippen LogP contribution in [0.15, 0.2) is 83.6 Å². The van der Waals surface area contributed by atoms with Crippen molar-refractivity contribution in [1.82, 2.24) is 0 Å². The minimum atomic E-state index is 1.19. The van der Waals surface area contributed by atoms with Gasteiger partial charge in [0.2, 0.25) is 0 Å². The molecule has 0 unspecified atom stereocenters. The van der Waals surface area contributed by atoms with Gasteiger partial charge in [-0.25, -0.2) is 0 Å². The van der Waals surface area contributed by atoms with Gasteiger partial charge in [0.05, 0.1) is 0 Å². The van der Waals surface area contributed by atoms with E-state index in [0.717, 1.165) is 0 Å². The first kappa shape index (κ1) is 17.2. The molecule has 0 aliphatic heterocycles. The van der Waals surface area contributed by atoms with Gasteiger partial charge in [0.25, 0.3) is 0 Å². The average Bonchev–Trinajstić information content (AvgIpc) is 2.35. The van der Waals surface area contributed by atoms with Crippen molar-refractivity contribution in [2.24, 2.45) is 0 Å². The minimum absolute atomic E-state index is 1.19. The molecular weight excluding hydrogens is 228 g/mol. The second-order valence-electron chi connectivity index (χ2n) is 4.44. The number of hydrogen-bond donors (Lipinski definition) is 0. The monoisotopic (exact) mass is 254 g/mol. The van der Waals surface area contributed by atoms with E-state index in [2.05, 4.69) is 62.5 Å². The van der Waals surface area contributed by atoms with Crippen LogP contribution in [0.5, 0.6) is 0 Å². The SMILES string of the molecule is C/C=C\C=C/C(C=C(C)C)=C/C(/C=C\C)=C/C=C\C. The summed E-state index contributed by atoms with van der Waals surface area (Å²) in [6.45, 7) is 10.3. The molecule has 102 valence electrons. The molecule has 0 nitrogen and oxygen atoms in total. The number of allylic oxidation sites excluding steroid dienone is 14. The molecule has 0 aromatic heterocycles. The molecular formula is C19H26. The zero-order chi connectivity index (χ0) is 14.5. The lowest BCUT2D eigenvalue weighted by Gasteiger charge is -1.98. The number of hydrogen-bond acceptors (Lipinski definition) is 0. The van der Waals surface area contributed by atoms with E-state index in [1.165, 1.54) is 16.7 Å². The van der Waals surface area contributed by atoms with Crippen LogP contribution in [-0.4, -0.2) is 0 Å². The first-order chi connectivity index (χ1) is 9.13. The second-order valence-corrected chi connectivity index (χ2v) is 4.44. The molecule has 0 amide bonds. The van der Waals surface area contributed by atoms with Crippen molar-refractivity contribution in [3.05, 3.63) is 83.6 Å². The fraction of sp³-hybridized carbons (Fsp3) is 0.263. The van der Waals surface area contributed by atoms with Gasteiger partial charge in [0.1, 0.15) is 0 Å². The van der Waals surface area contributed by atoms with Crippen molar-refractivity contribution in [1.29, 1.82) is 0 Å². The Labute approximate surface area is 118 Å². The molecule has 0 heterocycles. The first-order valence-corrected chi connectivity index (χ1v) is 6.75. The van der Waals surface area contributed by atoms with Crippen LogP contribution in [0.25, 0.3) is 0 Å². The van der Waals surface area contributed by atoms with Crippen molar-refractivity contribution in [3.8, 4) is 0 Å². The molecule has 0 atom stereocenters. The van der Waals surface area contributed by atoms with Gasteiger partial charge in [-0.2, -0.15) is 0 Å². The van der Waals surface area contributed by atoms with Crippen LogP contribution in [0.3, 0.4) is 0 Å². The minimum Gasteiger partial charge on any atom is -0.0877 e. The molecule has 0 saturated heterocycles. The van der Waals surface area contributed by atoms with Crippen LogP contribution in [0.1, 0.15) is 34.6 Å². The summed E-state index contributed by atoms with van der Waals surface area (Å²) in [6, 6.07) is 0. The normalized spacial score (nSPS) is 14.4. The van der Waals surface area contributed by atoms with Crippen molar-refractivity contribution >= 4 is 0 Å². The van der Waals surface area contributed by atoms with E-state index in [4.69, 9.17) is 0 Å². The van der Waals surface area contributed by atoms with Gasteiger partial charge >= 0.3 is 0 Å². The van der Waals surface area contributed by atoms with Crippen LogP contribution in [0.2, 0.25) is 0 Å². The summed E-state index contributed by atoms with van der Waals surface area (Å²) < 4.78 is 0. The van der Waals surface area contributed by atoms with Crippen molar-refractivity contribution in [2.75, 3.05) is 0 Å². The molecule has 0 aromatic rings. The molecule has 0 radical (unpaired) electrons. The summed E-state index contributed by atoms with van der Waals surface area (Å²) in [7, 11) is 0. The highest BCUT2D eigenvalue weighted by Crippen LogP contribution is 2.10. The molecule has 0 bridgehead atoms. The predicted molar refractivity (Wildman–Crippen MR) is 89.2 cm³/mol. The third kappa shape index (κ3) is 9.84. The Balaban J connectivity index is 5.41. The second kappa shape index (κ2) is 11.3. The molecule has 19 heavy (non-hydrogen) atoms. The summed E-state index contributed by atoms with van der Waals surface area (Å²) in [5.41, 5.74) is 3.69. The van der Waals surface area contributed by atoms with E-state index >= 15 is 0 Å². The van der Waals surface area contributed by atoms with E-state index in [1.54, 1.807) is 0 Å². The summed E-state index contributed by atoms with van der Waals surface area (Å²) >= 11 is 0. The summed E-state index contributed by atoms with van der Waals surface area (Å²) in [5, 5.41) is 0. The van der Waals surface area contributed by atoms with Crippen LogP contribution in [0, 0.1) is 0 Å². The highest BCUT2D eigenvalue weighted by molar-refractivity contribution is 5.44. The quantitative estimate of drug-likeness (QED) is 0.503. The zero-order valence-corrected chi connectivity index (χ0v) is 12.9. The Morgan fingerprint density at radius 2 is 1.32 bits per heavy atom. The fourth-order valence-corrected chi connectivity index (χ4v) is 1.49. The lowest BCUT2D eigenvalue weighted by molar-refractivity contribution is 1.37. The Morgan fingerprint density at radius 1 is 0.632 bits per heavy atom. The highest BCUT2D eigenvalue weighted by Gasteiger charge is 1.90. The van der Waals surface area contributed by atoms with Gasteiger partial charge in [-0.1, -0.05) is 66.3 Å². The Bertz CT molecular complexity index is 442. The van der Waals surface area contributed by atoms with E-state index in [0.29, 0.717) is 0 Å². The lowest BCUT2D eigenvalue weighted by Crippen LogP contribution is -1.78. The van der Waals surface area contributed by atoms with Crippen molar-refractivity contribution in [2.45, 2.75) is 34.6 Å². The zero-order valence-electron chi connectivity index (χ0n) is 12.9. The third-order valence-corrected chi connectivity index (χ3v) is 2.22. The molecule has 0 saturated carbocycles. The van der Waals surface area contributed by atoms with Crippen LogP contribution in [0.4, 0.5) is 0 Å². The predicted octanol–water partition coefficient (Wildman–Crippen LogP) is 6.09. The molecule has 0 aromatic carbocycles. The molecule has 0 rings (SSSR count). The van der Waals surface area contributed by atoms with Gasteiger partial charge in [0, 0.05) is 0 Å². The fourth-order valence-electron chi connectivity index (χ4n) is 1.49. The van der Waals surface area contributed by atoms with Gasteiger partial charge in [-0.15, -0.1) is 0 Å². The number of rotatable bonds is 6. The molecule has 0 fully saturated rings. The maximum Gasteiger partial charge on any atom is -0.0251 e. The molecule has 0 spiro atoms. The van der Waals surface area contributed by atoms with Crippen molar-refractivity contribution in [3.63, 3.8) is 0 Å². The third-order valence-electron chi connectivity index (χ3n) is 2.22. The first-order valence-electron chi connectivity index (χ1n) is 6.75. The van der Waals surface area contributed by atoms with Gasteiger partial charge in [0.15, 0.2) is 0 Å². The van der Waals surface area contributed by atoms with Crippen molar-refractivity contribution < 1.29 is 0 Å². The van der Waals surface area contributed by atoms with E-state index in [-0.39, 0.29) is 0 Å². The summed E-state index contributed by atoms with van der Waals surface area (Å²) in [5.74, 6) is 0. The summed E-state index contributed by atoms with van der Waals surface area (Å²) in [4.78, 5) is 0. The van der Waals surface area contributed by atoms with Crippen LogP contribution in [-0.2, 0) is 0 Å². The van der Waals surface area contributed by atoms with E-state index in [1.807, 2.05) is 39.0 Å². The Hall–Kier alpha value is -1.82. The maximum atomic E-state index is 2.19. The highest BCUT2D eigenvalue weighted by atomic mass is 14.0. The average molecular weight is 254 g/mol. The topological polar surface area (TPSA) is 0 Å². The summed E-state index contributed by atoms with van der Waals surface area (Å²) in [6.07, 6.45) is 23.0. The lowest BCUT2D eigenvalue weighted by atomic mass is 10.1. The maximum absolute atomic E-state index is 2.19. The largest absolute Gasteiger partial charge is 0.0877 e. The van der Waals surface area contributed by atoms with Crippen LogP contribution < -0.4 is 0 Å². The standard InChI is InChI=1S/C19H26/c1-6-9-11-14-19(15-17(4)5)16-18(12-8-3)13-10-7-2/h6-16H,1-5H3/b9-6-,10-7-,12-8-,14-11-,18-13+,19-16-. The molecule has 0 N–H and O–H groups in total. The van der Waals surface area contributed by atoms with Crippen LogP contribution >= 0.6 is 0 Å². The smallest absolute Gasteiger partial charge is 0.0251 e. The molecule has 0 heteroatoms. The van der Waals surface area contributed by atoms with Gasteiger partial charge in [-0.05, 0) is 51.8 Å². The Morgan fingerprint density at radius 3 is 1.84 bits per heavy atom. The van der Waals surface area contributed by atoms with Gasteiger partial charge < -0.3 is 0 Å². The molecule has 0 aliphatic rings.